The molecule has 1 saturated heterocycles. The summed E-state index contributed by atoms with van der Waals surface area (Å²) in [4.78, 5) is 10.9. The molecule has 28 heavy (non-hydrogen) atoms. The molecule has 1 aliphatic heterocycles. The largest absolute Gasteiger partial charge is 0.490 e. The first kappa shape index (κ1) is 18.8. The minimum Gasteiger partial charge on any atom is -0.490 e. The molecule has 3 aromatic rings. The summed E-state index contributed by atoms with van der Waals surface area (Å²) in [6.07, 6.45) is 3.59. The third kappa shape index (κ3) is 3.98. The number of ether oxygens (including phenoxy) is 1. The molecule has 4 rings (SSSR count). The van der Waals surface area contributed by atoms with E-state index in [0.717, 1.165) is 54.8 Å². The maximum Gasteiger partial charge on any atom is 0.149 e. The van der Waals surface area contributed by atoms with Gasteiger partial charge in [0, 0.05) is 43.0 Å². The number of para-hydroxylation sites is 1. The van der Waals surface area contributed by atoms with Crippen molar-refractivity contribution in [2.75, 3.05) is 13.1 Å². The molecule has 2 aromatic heterocycles. The van der Waals surface area contributed by atoms with E-state index >= 15 is 0 Å². The van der Waals surface area contributed by atoms with E-state index < -0.39 is 0 Å². The Kier molecular flexibility index (Phi) is 5.50. The van der Waals surface area contributed by atoms with Crippen LogP contribution in [-0.2, 0) is 13.2 Å². The van der Waals surface area contributed by atoms with Gasteiger partial charge >= 0.3 is 0 Å². The number of fused-ring (bicyclic) bond motifs is 1. The van der Waals surface area contributed by atoms with Crippen molar-refractivity contribution >= 4 is 10.9 Å². The Morgan fingerprint density at radius 2 is 2.04 bits per heavy atom. The molecule has 0 radical (unpaired) electrons. The number of rotatable bonds is 5. The first-order valence-electron chi connectivity index (χ1n) is 9.62. The number of piperidine rings is 1. The van der Waals surface area contributed by atoms with Crippen molar-refractivity contribution in [2.45, 2.75) is 39.0 Å². The quantitative estimate of drug-likeness (QED) is 0.732. The summed E-state index contributed by atoms with van der Waals surface area (Å²) in [6, 6.07) is 10.8. The number of likely N-dealkylation sites (tertiary alicyclic amines) is 1. The molecule has 0 aliphatic carbocycles. The summed E-state index contributed by atoms with van der Waals surface area (Å²) in [5, 5.41) is 10.2. The van der Waals surface area contributed by atoms with Crippen LogP contribution in [0.25, 0.3) is 10.9 Å². The molecule has 1 N–H and O–H groups in total. The monoisotopic (exact) mass is 381 g/mol. The summed E-state index contributed by atoms with van der Waals surface area (Å²) >= 11 is 0. The number of benzene rings is 1. The van der Waals surface area contributed by atoms with Gasteiger partial charge in [0.15, 0.2) is 0 Å². The normalized spacial score (nSPS) is 15.8. The van der Waals surface area contributed by atoms with Crippen LogP contribution in [0, 0.1) is 12.7 Å². The van der Waals surface area contributed by atoms with E-state index in [0.29, 0.717) is 11.3 Å². The van der Waals surface area contributed by atoms with Crippen LogP contribution in [0.2, 0.25) is 0 Å². The van der Waals surface area contributed by atoms with Gasteiger partial charge in [0.1, 0.15) is 23.2 Å². The van der Waals surface area contributed by atoms with Crippen LogP contribution in [0.1, 0.15) is 29.8 Å². The summed E-state index contributed by atoms with van der Waals surface area (Å²) < 4.78 is 20.4. The Balaban J connectivity index is 1.43. The van der Waals surface area contributed by atoms with Gasteiger partial charge < -0.3 is 9.84 Å². The van der Waals surface area contributed by atoms with Crippen molar-refractivity contribution in [3.63, 3.8) is 0 Å². The summed E-state index contributed by atoms with van der Waals surface area (Å²) in [7, 11) is 0. The van der Waals surface area contributed by atoms with Crippen LogP contribution in [0.3, 0.4) is 0 Å². The molecule has 0 amide bonds. The highest BCUT2D eigenvalue weighted by molar-refractivity contribution is 5.85. The Bertz CT molecular complexity index is 971. The molecule has 5 nitrogen and oxygen atoms in total. The average molecular weight is 381 g/mol. The second-order valence-electron chi connectivity index (χ2n) is 7.26. The van der Waals surface area contributed by atoms with Gasteiger partial charge in [-0.2, -0.15) is 0 Å². The van der Waals surface area contributed by atoms with Crippen molar-refractivity contribution in [3.05, 3.63) is 65.4 Å². The highest BCUT2D eigenvalue weighted by Gasteiger charge is 2.22. The van der Waals surface area contributed by atoms with Crippen molar-refractivity contribution in [2.24, 2.45) is 0 Å². The summed E-state index contributed by atoms with van der Waals surface area (Å²) in [5.41, 5.74) is 2.92. The van der Waals surface area contributed by atoms with Crippen LogP contribution in [0.15, 0.2) is 42.6 Å². The molecule has 1 aromatic carbocycles. The maximum atomic E-state index is 14.1. The molecule has 1 aliphatic rings. The van der Waals surface area contributed by atoms with Gasteiger partial charge in [-0.3, -0.25) is 9.88 Å². The Morgan fingerprint density at radius 1 is 1.21 bits per heavy atom. The SMILES string of the molecule is Cc1cc(OC2CCN(Cc3cccnc3CO)CC2)c2cccc(F)c2n1. The number of hydrogen-bond donors (Lipinski definition) is 1. The molecular weight excluding hydrogens is 357 g/mol. The van der Waals surface area contributed by atoms with E-state index in [1.807, 2.05) is 31.2 Å². The zero-order valence-corrected chi connectivity index (χ0v) is 15.9. The van der Waals surface area contributed by atoms with Gasteiger partial charge in [-0.05, 0) is 43.5 Å². The molecule has 0 bridgehead atoms. The topological polar surface area (TPSA) is 58.5 Å². The zero-order chi connectivity index (χ0) is 19.5. The Hall–Kier alpha value is -2.57. The third-order valence-corrected chi connectivity index (χ3v) is 5.24. The maximum absolute atomic E-state index is 14.1. The second-order valence-corrected chi connectivity index (χ2v) is 7.26. The van der Waals surface area contributed by atoms with Crippen molar-refractivity contribution in [1.82, 2.24) is 14.9 Å². The van der Waals surface area contributed by atoms with Crippen molar-refractivity contribution in [1.29, 1.82) is 0 Å². The molecule has 0 unspecified atom stereocenters. The predicted octanol–water partition coefficient (Wildman–Crippen LogP) is 3.61. The Morgan fingerprint density at radius 3 is 2.82 bits per heavy atom. The van der Waals surface area contributed by atoms with Crippen LogP contribution < -0.4 is 4.74 Å². The van der Waals surface area contributed by atoms with Gasteiger partial charge in [0.25, 0.3) is 0 Å². The van der Waals surface area contributed by atoms with Crippen LogP contribution in [0.5, 0.6) is 5.75 Å². The molecule has 0 atom stereocenters. The minimum atomic E-state index is -0.322. The van der Waals surface area contributed by atoms with Crippen molar-refractivity contribution < 1.29 is 14.2 Å². The predicted molar refractivity (Wildman–Crippen MR) is 106 cm³/mol. The molecule has 6 heteroatoms. The van der Waals surface area contributed by atoms with Crippen LogP contribution in [0.4, 0.5) is 4.39 Å². The van der Waals surface area contributed by atoms with Crippen LogP contribution >= 0.6 is 0 Å². The first-order chi connectivity index (χ1) is 13.6. The van der Waals surface area contributed by atoms with E-state index in [2.05, 4.69) is 14.9 Å². The average Bonchev–Trinajstić information content (AvgIpc) is 2.71. The van der Waals surface area contributed by atoms with E-state index in [9.17, 15) is 9.50 Å². The Labute approximate surface area is 163 Å². The van der Waals surface area contributed by atoms with Crippen molar-refractivity contribution in [3.8, 4) is 5.75 Å². The smallest absolute Gasteiger partial charge is 0.149 e. The van der Waals surface area contributed by atoms with Gasteiger partial charge in [-0.25, -0.2) is 9.37 Å². The number of aliphatic hydroxyl groups excluding tert-OH is 1. The van der Waals surface area contributed by atoms with Gasteiger partial charge in [-0.1, -0.05) is 12.1 Å². The highest BCUT2D eigenvalue weighted by atomic mass is 19.1. The number of pyridine rings is 2. The lowest BCUT2D eigenvalue weighted by Gasteiger charge is -2.32. The lowest BCUT2D eigenvalue weighted by molar-refractivity contribution is 0.0973. The fraction of sp³-hybridized carbons (Fsp3) is 0.364. The number of aryl methyl sites for hydroxylation is 1. The number of nitrogens with zero attached hydrogens (tertiary/aromatic N) is 3. The zero-order valence-electron chi connectivity index (χ0n) is 15.9. The molecule has 3 heterocycles. The van der Waals surface area contributed by atoms with Gasteiger partial charge in [0.2, 0.25) is 0 Å². The lowest BCUT2D eigenvalue weighted by Crippen LogP contribution is -2.38. The third-order valence-electron chi connectivity index (χ3n) is 5.24. The molecular formula is C22H24FN3O2. The first-order valence-corrected chi connectivity index (χ1v) is 9.62. The number of aromatic nitrogens is 2. The summed E-state index contributed by atoms with van der Waals surface area (Å²) in [5.74, 6) is 0.382. The van der Waals surface area contributed by atoms with Gasteiger partial charge in [0.05, 0.1) is 12.3 Å². The standard InChI is InChI=1S/C22H24FN3O2/c1-15-12-21(18-5-2-6-19(23)22(18)25-15)28-17-7-10-26(11-8-17)13-16-4-3-9-24-20(16)14-27/h2-6,9,12,17,27H,7-8,10-11,13-14H2,1H3. The molecule has 0 saturated carbocycles. The number of hydrogen-bond acceptors (Lipinski definition) is 5. The van der Waals surface area contributed by atoms with E-state index in [1.54, 1.807) is 12.3 Å². The fourth-order valence-electron chi connectivity index (χ4n) is 3.76. The van der Waals surface area contributed by atoms with E-state index in [4.69, 9.17) is 4.74 Å². The number of halogens is 1. The fourth-order valence-corrected chi connectivity index (χ4v) is 3.76. The van der Waals surface area contributed by atoms with E-state index in [-0.39, 0.29) is 18.5 Å². The number of aliphatic hydroxyl groups is 1. The lowest BCUT2D eigenvalue weighted by atomic mass is 10.1. The van der Waals surface area contributed by atoms with Crippen LogP contribution in [-0.4, -0.2) is 39.2 Å². The molecule has 146 valence electrons. The molecule has 1 fully saturated rings. The molecule has 0 spiro atoms. The van der Waals surface area contributed by atoms with E-state index in [1.165, 1.54) is 6.07 Å². The summed E-state index contributed by atoms with van der Waals surface area (Å²) in [6.45, 7) is 4.40. The van der Waals surface area contributed by atoms with Gasteiger partial charge in [-0.15, -0.1) is 0 Å². The minimum absolute atomic E-state index is 0.0409. The second kappa shape index (κ2) is 8.20. The highest BCUT2D eigenvalue weighted by Crippen LogP contribution is 2.29.